The number of carboxylic acids is 2. The monoisotopic (exact) mass is 668 g/mol. The summed E-state index contributed by atoms with van der Waals surface area (Å²) in [5.41, 5.74) is -2.54. The van der Waals surface area contributed by atoms with E-state index in [4.69, 9.17) is 30.9 Å². The van der Waals surface area contributed by atoms with E-state index in [2.05, 4.69) is 15.3 Å². The summed E-state index contributed by atoms with van der Waals surface area (Å²) in [4.78, 5) is 71.6. The number of aromatic nitrogens is 1. The van der Waals surface area contributed by atoms with Crippen molar-refractivity contribution >= 4 is 58.6 Å². The van der Waals surface area contributed by atoms with Crippen molar-refractivity contribution in [2.24, 2.45) is 4.99 Å². The standard InChI is InChI=1S/C27H26ClFN4O11S/c1-42-25(38)20-16(31-22(23-30-4-7-45-23)32-21(20)14-3-2-13(29)8-15(14)28)11-33-5-6-43-12-17(33)24(37)44-19(36)10-27(41,26(39)40)9-18(34)35/h2-4,7-8,17,21,41H,5-6,9-12H2,1H3,(H,31,32)(H,34,35)(H,39,40)/t17-,21-,27?/m0/s1. The van der Waals surface area contributed by atoms with Gasteiger partial charge in [-0.1, -0.05) is 17.7 Å². The van der Waals surface area contributed by atoms with Crippen molar-refractivity contribution in [2.75, 3.05) is 33.4 Å². The number of halogens is 2. The summed E-state index contributed by atoms with van der Waals surface area (Å²) >= 11 is 7.61. The van der Waals surface area contributed by atoms with E-state index < -0.39 is 66.2 Å². The molecule has 2 aliphatic rings. The van der Waals surface area contributed by atoms with E-state index >= 15 is 0 Å². The fourth-order valence-electron chi connectivity index (χ4n) is 4.63. The number of methoxy groups -OCH3 is 1. The maximum Gasteiger partial charge on any atom is 0.338 e. The molecule has 240 valence electrons. The number of aliphatic hydroxyl groups is 1. The summed E-state index contributed by atoms with van der Waals surface area (Å²) in [5, 5.41) is 33.5. The van der Waals surface area contributed by atoms with Gasteiger partial charge in [0.1, 0.15) is 17.9 Å². The van der Waals surface area contributed by atoms with Crippen LogP contribution in [0.3, 0.4) is 0 Å². The van der Waals surface area contributed by atoms with Gasteiger partial charge in [0, 0.05) is 40.9 Å². The molecule has 3 atom stereocenters. The Morgan fingerprint density at radius 1 is 1.24 bits per heavy atom. The van der Waals surface area contributed by atoms with Gasteiger partial charge in [0.05, 0.1) is 38.7 Å². The first kappa shape index (κ1) is 33.6. The van der Waals surface area contributed by atoms with Crippen molar-refractivity contribution in [2.45, 2.75) is 30.5 Å². The quantitative estimate of drug-likeness (QED) is 0.193. The molecule has 1 aromatic carbocycles. The van der Waals surface area contributed by atoms with Crippen LogP contribution in [0.4, 0.5) is 4.39 Å². The average Bonchev–Trinajstić information content (AvgIpc) is 3.51. The third-order valence-corrected chi connectivity index (χ3v) is 7.90. The maximum atomic E-state index is 13.9. The van der Waals surface area contributed by atoms with Crippen molar-refractivity contribution in [1.82, 2.24) is 15.2 Å². The van der Waals surface area contributed by atoms with Crippen molar-refractivity contribution in [3.05, 3.63) is 62.5 Å². The summed E-state index contributed by atoms with van der Waals surface area (Å²) in [6.07, 6.45) is -1.10. The molecular formula is C27H26ClFN4O11S. The topological polar surface area (TPSA) is 214 Å². The van der Waals surface area contributed by atoms with E-state index in [9.17, 15) is 38.6 Å². The number of aliphatic carboxylic acids is 2. The number of morpholine rings is 1. The van der Waals surface area contributed by atoms with Crippen LogP contribution in [0, 0.1) is 5.82 Å². The number of hydrogen-bond acceptors (Lipinski definition) is 14. The zero-order valence-electron chi connectivity index (χ0n) is 23.4. The average molecular weight is 669 g/mol. The number of thiazole rings is 1. The van der Waals surface area contributed by atoms with Crippen LogP contribution in [-0.4, -0.2) is 106 Å². The van der Waals surface area contributed by atoms with Crippen LogP contribution in [0.5, 0.6) is 0 Å². The smallest absolute Gasteiger partial charge is 0.338 e. The number of hydrogen-bond donors (Lipinski definition) is 4. The highest BCUT2D eigenvalue weighted by Gasteiger charge is 2.43. The van der Waals surface area contributed by atoms with E-state index in [1.165, 1.54) is 28.5 Å². The van der Waals surface area contributed by atoms with Crippen molar-refractivity contribution in [3.8, 4) is 0 Å². The Balaban J connectivity index is 1.66. The van der Waals surface area contributed by atoms with Gasteiger partial charge in [0.25, 0.3) is 0 Å². The number of carboxylic acid groups (broad SMARTS) is 2. The highest BCUT2D eigenvalue weighted by Crippen LogP contribution is 2.37. The van der Waals surface area contributed by atoms with Crippen molar-refractivity contribution in [3.63, 3.8) is 0 Å². The molecule has 1 aromatic heterocycles. The molecule has 0 radical (unpaired) electrons. The Bertz CT molecular complexity index is 1570. The van der Waals surface area contributed by atoms with Crippen LogP contribution < -0.4 is 5.32 Å². The fourth-order valence-corrected chi connectivity index (χ4v) is 5.49. The van der Waals surface area contributed by atoms with Gasteiger partial charge in [0.15, 0.2) is 16.4 Å². The van der Waals surface area contributed by atoms with Crippen molar-refractivity contribution < 1.29 is 57.9 Å². The Labute approximate surface area is 262 Å². The maximum absolute atomic E-state index is 13.9. The molecular weight excluding hydrogens is 643 g/mol. The molecule has 4 N–H and O–H groups in total. The Morgan fingerprint density at radius 2 is 2.00 bits per heavy atom. The molecule has 2 aromatic rings. The number of amidine groups is 1. The molecule has 0 amide bonds. The summed E-state index contributed by atoms with van der Waals surface area (Å²) in [6.45, 7) is -0.209. The van der Waals surface area contributed by atoms with Crippen LogP contribution >= 0.6 is 22.9 Å². The van der Waals surface area contributed by atoms with E-state index in [1.807, 2.05) is 0 Å². The van der Waals surface area contributed by atoms with Gasteiger partial charge in [-0.25, -0.2) is 23.8 Å². The Kier molecular flexibility index (Phi) is 10.6. The van der Waals surface area contributed by atoms with Crippen LogP contribution in [0.2, 0.25) is 5.02 Å². The lowest BCUT2D eigenvalue weighted by Crippen LogP contribution is -2.53. The molecule has 18 heteroatoms. The number of esters is 3. The van der Waals surface area contributed by atoms with Gasteiger partial charge in [-0.15, -0.1) is 11.3 Å². The first-order valence-corrected chi connectivity index (χ1v) is 14.3. The SMILES string of the molecule is COC(=O)C1=C(CN2CCOC[C@H]2C(=O)OC(=O)CC(O)(CC(=O)O)C(=O)O)NC(c2nccs2)=N[C@H]1c1ccc(F)cc1Cl. The number of nitrogens with one attached hydrogen (secondary N) is 1. The molecule has 15 nitrogen and oxygen atoms in total. The Hall–Kier alpha value is -4.29. The second-order valence-electron chi connectivity index (χ2n) is 9.83. The first-order valence-electron chi connectivity index (χ1n) is 13.1. The molecule has 0 aliphatic carbocycles. The van der Waals surface area contributed by atoms with Gasteiger partial charge in [-0.2, -0.15) is 0 Å². The largest absolute Gasteiger partial charge is 0.481 e. The van der Waals surface area contributed by atoms with Gasteiger partial charge in [-0.05, 0) is 12.1 Å². The van der Waals surface area contributed by atoms with Crippen LogP contribution in [0.25, 0.3) is 0 Å². The van der Waals surface area contributed by atoms with Crippen LogP contribution in [0.1, 0.15) is 29.5 Å². The molecule has 2 aliphatic heterocycles. The van der Waals surface area contributed by atoms with E-state index in [1.54, 1.807) is 5.38 Å². The lowest BCUT2D eigenvalue weighted by atomic mass is 9.95. The van der Waals surface area contributed by atoms with Gasteiger partial charge in [0.2, 0.25) is 0 Å². The van der Waals surface area contributed by atoms with Gasteiger partial charge >= 0.3 is 29.8 Å². The fraction of sp³-hybridized carbons (Fsp3) is 0.370. The lowest BCUT2D eigenvalue weighted by Gasteiger charge is -2.36. The number of carbonyl (C=O) groups excluding carboxylic acids is 3. The molecule has 3 heterocycles. The minimum Gasteiger partial charge on any atom is -0.481 e. The number of rotatable bonds is 11. The highest BCUT2D eigenvalue weighted by atomic mass is 35.5. The Morgan fingerprint density at radius 3 is 2.62 bits per heavy atom. The molecule has 0 saturated carbocycles. The normalized spacial score (nSPS) is 20.0. The minimum absolute atomic E-state index is 0.0128. The summed E-state index contributed by atoms with van der Waals surface area (Å²) in [7, 11) is 1.15. The highest BCUT2D eigenvalue weighted by molar-refractivity contribution is 7.11. The molecule has 4 rings (SSSR count). The lowest BCUT2D eigenvalue weighted by molar-refractivity contribution is -0.177. The number of ether oxygens (including phenoxy) is 3. The zero-order chi connectivity index (χ0) is 32.9. The first-order chi connectivity index (χ1) is 21.3. The predicted octanol–water partition coefficient (Wildman–Crippen LogP) is 0.905. The third kappa shape index (κ3) is 7.87. The summed E-state index contributed by atoms with van der Waals surface area (Å²) in [6, 6.07) is 1.25. The third-order valence-electron chi connectivity index (χ3n) is 6.79. The van der Waals surface area contributed by atoms with Crippen molar-refractivity contribution in [1.29, 1.82) is 0 Å². The second-order valence-corrected chi connectivity index (χ2v) is 11.1. The number of carbonyl (C=O) groups is 5. The molecule has 1 saturated heterocycles. The zero-order valence-corrected chi connectivity index (χ0v) is 25.0. The minimum atomic E-state index is -3.01. The number of nitrogens with zero attached hydrogens (tertiary/aromatic N) is 3. The molecule has 1 fully saturated rings. The van der Waals surface area contributed by atoms with E-state index in [-0.39, 0.29) is 54.0 Å². The van der Waals surface area contributed by atoms with Gasteiger partial charge < -0.3 is 34.8 Å². The second kappa shape index (κ2) is 14.2. The summed E-state index contributed by atoms with van der Waals surface area (Å²) in [5.74, 6) is -7.51. The van der Waals surface area contributed by atoms with Crippen LogP contribution in [-0.2, 0) is 38.2 Å². The van der Waals surface area contributed by atoms with E-state index in [0.717, 1.165) is 19.2 Å². The number of aliphatic imine (C=N–C) groups is 1. The van der Waals surface area contributed by atoms with Crippen LogP contribution in [0.15, 0.2) is 46.0 Å². The molecule has 0 spiro atoms. The van der Waals surface area contributed by atoms with E-state index in [0.29, 0.717) is 5.01 Å². The van der Waals surface area contributed by atoms with Gasteiger partial charge in [-0.3, -0.25) is 19.5 Å². The molecule has 1 unspecified atom stereocenters. The summed E-state index contributed by atoms with van der Waals surface area (Å²) < 4.78 is 29.2. The predicted molar refractivity (Wildman–Crippen MR) is 152 cm³/mol. The molecule has 0 bridgehead atoms. The number of benzene rings is 1. The molecule has 45 heavy (non-hydrogen) atoms.